The Kier molecular flexibility index (Phi) is 9.49. The van der Waals surface area contributed by atoms with E-state index in [-0.39, 0.29) is 23.6 Å². The van der Waals surface area contributed by atoms with Crippen molar-refractivity contribution in [3.8, 4) is 0 Å². The maximum absolute atomic E-state index is 13.4. The van der Waals surface area contributed by atoms with E-state index in [1.54, 1.807) is 4.90 Å². The van der Waals surface area contributed by atoms with Gasteiger partial charge in [0.05, 0.1) is 5.75 Å². The molecule has 0 heterocycles. The highest BCUT2D eigenvalue weighted by atomic mass is 35.5. The van der Waals surface area contributed by atoms with Gasteiger partial charge in [0.15, 0.2) is 0 Å². The maximum Gasteiger partial charge on any atom is 0.243 e. The Bertz CT molecular complexity index is 897. The summed E-state index contributed by atoms with van der Waals surface area (Å²) in [7, 11) is 0. The van der Waals surface area contributed by atoms with Crippen LogP contribution in [0.25, 0.3) is 0 Å². The zero-order chi connectivity index (χ0) is 22.9. The van der Waals surface area contributed by atoms with Gasteiger partial charge in [0.25, 0.3) is 0 Å². The Morgan fingerprint density at radius 1 is 1.09 bits per heavy atom. The normalized spacial score (nSPS) is 15.2. The summed E-state index contributed by atoms with van der Waals surface area (Å²) in [4.78, 5) is 29.4. The molecule has 0 spiro atoms. The van der Waals surface area contributed by atoms with Gasteiger partial charge >= 0.3 is 0 Å². The summed E-state index contributed by atoms with van der Waals surface area (Å²) in [6, 6.07) is 15.3. The van der Waals surface area contributed by atoms with Gasteiger partial charge in [0, 0.05) is 22.5 Å². The van der Waals surface area contributed by atoms with Gasteiger partial charge in [-0.15, -0.1) is 11.8 Å². The van der Waals surface area contributed by atoms with E-state index in [1.165, 1.54) is 18.2 Å². The molecule has 172 valence electrons. The summed E-state index contributed by atoms with van der Waals surface area (Å²) in [6.07, 6.45) is 6.20. The molecule has 1 atom stereocenters. The van der Waals surface area contributed by atoms with Crippen molar-refractivity contribution in [1.82, 2.24) is 10.2 Å². The van der Waals surface area contributed by atoms with Crippen LogP contribution >= 0.6 is 23.4 Å². The summed E-state index contributed by atoms with van der Waals surface area (Å²) in [5.41, 5.74) is 2.19. The van der Waals surface area contributed by atoms with Crippen molar-refractivity contribution in [2.75, 3.05) is 5.75 Å². The van der Waals surface area contributed by atoms with Gasteiger partial charge in [-0.3, -0.25) is 9.59 Å². The zero-order valence-electron chi connectivity index (χ0n) is 19.0. The minimum atomic E-state index is -0.477. The first kappa shape index (κ1) is 24.7. The lowest BCUT2D eigenvalue weighted by molar-refractivity contribution is -0.139. The van der Waals surface area contributed by atoms with Gasteiger partial charge in [-0.05, 0) is 61.6 Å². The molecule has 1 fully saturated rings. The number of hydrogen-bond donors (Lipinski definition) is 1. The number of carbonyl (C=O) groups is 2. The Labute approximate surface area is 201 Å². The van der Waals surface area contributed by atoms with Crippen LogP contribution in [0.5, 0.6) is 0 Å². The largest absolute Gasteiger partial charge is 0.352 e. The number of nitrogens with one attached hydrogen (secondary N) is 1. The fourth-order valence-electron chi connectivity index (χ4n) is 4.19. The van der Waals surface area contributed by atoms with Gasteiger partial charge in [0.1, 0.15) is 6.04 Å². The second kappa shape index (κ2) is 12.3. The second-order valence-electron chi connectivity index (χ2n) is 8.46. The summed E-state index contributed by atoms with van der Waals surface area (Å²) in [5.74, 6) is 0.220. The smallest absolute Gasteiger partial charge is 0.243 e. The van der Waals surface area contributed by atoms with Crippen molar-refractivity contribution in [2.45, 2.75) is 75.9 Å². The third-order valence-electron chi connectivity index (χ3n) is 6.12. The number of aryl methyl sites for hydroxylation is 1. The molecule has 0 saturated heterocycles. The molecule has 2 aromatic rings. The second-order valence-corrected chi connectivity index (χ2v) is 9.94. The highest BCUT2D eigenvalue weighted by Crippen LogP contribution is 2.23. The Hall–Kier alpha value is -1.98. The molecule has 4 nitrogen and oxygen atoms in total. The Morgan fingerprint density at radius 3 is 2.44 bits per heavy atom. The molecule has 1 saturated carbocycles. The van der Waals surface area contributed by atoms with Gasteiger partial charge in [0.2, 0.25) is 11.8 Å². The highest BCUT2D eigenvalue weighted by Gasteiger charge is 2.30. The lowest BCUT2D eigenvalue weighted by atomic mass is 9.95. The van der Waals surface area contributed by atoms with Gasteiger partial charge in [-0.25, -0.2) is 0 Å². The number of rotatable bonds is 9. The molecular formula is C26H33ClN2O2S. The quantitative estimate of drug-likeness (QED) is 0.455. The van der Waals surface area contributed by atoms with Crippen LogP contribution in [0.2, 0.25) is 5.02 Å². The van der Waals surface area contributed by atoms with E-state index in [2.05, 4.69) is 5.32 Å². The summed E-state index contributed by atoms with van der Waals surface area (Å²) in [5, 5.41) is 3.90. The lowest BCUT2D eigenvalue weighted by Gasteiger charge is -2.33. The molecule has 0 aromatic heterocycles. The van der Waals surface area contributed by atoms with E-state index < -0.39 is 6.04 Å². The molecule has 0 bridgehead atoms. The molecule has 1 aliphatic carbocycles. The van der Waals surface area contributed by atoms with Crippen LogP contribution in [0.3, 0.4) is 0 Å². The van der Waals surface area contributed by atoms with Crippen LogP contribution in [0.4, 0.5) is 0 Å². The minimum Gasteiger partial charge on any atom is -0.352 e. The van der Waals surface area contributed by atoms with Crippen molar-refractivity contribution in [3.05, 3.63) is 64.7 Å². The number of halogens is 1. The van der Waals surface area contributed by atoms with Crippen LogP contribution in [0, 0.1) is 6.92 Å². The highest BCUT2D eigenvalue weighted by molar-refractivity contribution is 8.00. The standard InChI is InChI=1S/C26H33ClN2O2S/c1-3-24(26(31)28-22-11-5-4-6-12-22)29(17-20-10-8-7-9-19(20)2)25(30)18-32-23-15-13-21(27)14-16-23/h7-10,13-16,22,24H,3-6,11-12,17-18H2,1-2H3,(H,28,31)/t24-/m0/s1. The molecule has 3 rings (SSSR count). The molecule has 6 heteroatoms. The fourth-order valence-corrected chi connectivity index (χ4v) is 5.10. The first-order valence-corrected chi connectivity index (χ1v) is 12.9. The fraction of sp³-hybridized carbons (Fsp3) is 0.462. The monoisotopic (exact) mass is 472 g/mol. The zero-order valence-corrected chi connectivity index (χ0v) is 20.6. The van der Waals surface area contributed by atoms with Crippen molar-refractivity contribution < 1.29 is 9.59 Å². The third-order valence-corrected chi connectivity index (χ3v) is 7.36. The lowest BCUT2D eigenvalue weighted by Crippen LogP contribution is -2.52. The average molecular weight is 473 g/mol. The van der Waals surface area contributed by atoms with E-state index in [0.29, 0.717) is 18.0 Å². The molecular weight excluding hydrogens is 440 g/mol. The molecule has 32 heavy (non-hydrogen) atoms. The summed E-state index contributed by atoms with van der Waals surface area (Å²) >= 11 is 7.45. The van der Waals surface area contributed by atoms with Crippen molar-refractivity contribution in [2.24, 2.45) is 0 Å². The van der Waals surface area contributed by atoms with E-state index in [0.717, 1.165) is 41.7 Å². The predicted octanol–water partition coefficient (Wildman–Crippen LogP) is 6.00. The van der Waals surface area contributed by atoms with Crippen LogP contribution in [0.15, 0.2) is 53.4 Å². The van der Waals surface area contributed by atoms with E-state index in [4.69, 9.17) is 11.6 Å². The summed E-state index contributed by atoms with van der Waals surface area (Å²) in [6.45, 7) is 4.46. The molecule has 1 N–H and O–H groups in total. The Balaban J connectivity index is 1.75. The van der Waals surface area contributed by atoms with Crippen molar-refractivity contribution >= 4 is 35.2 Å². The molecule has 1 aliphatic rings. The van der Waals surface area contributed by atoms with Crippen LogP contribution in [-0.4, -0.2) is 34.6 Å². The van der Waals surface area contributed by atoms with Gasteiger partial charge in [-0.1, -0.05) is 62.1 Å². The first-order chi connectivity index (χ1) is 15.5. The number of carbonyl (C=O) groups excluding carboxylic acids is 2. The van der Waals surface area contributed by atoms with Crippen LogP contribution in [0.1, 0.15) is 56.6 Å². The maximum atomic E-state index is 13.4. The van der Waals surface area contributed by atoms with E-state index in [9.17, 15) is 9.59 Å². The van der Waals surface area contributed by atoms with E-state index >= 15 is 0 Å². The minimum absolute atomic E-state index is 0.0288. The predicted molar refractivity (Wildman–Crippen MR) is 133 cm³/mol. The van der Waals surface area contributed by atoms with Gasteiger partial charge < -0.3 is 10.2 Å². The number of nitrogens with zero attached hydrogens (tertiary/aromatic N) is 1. The molecule has 2 amide bonds. The number of thioether (sulfide) groups is 1. The summed E-state index contributed by atoms with van der Waals surface area (Å²) < 4.78 is 0. The van der Waals surface area contributed by atoms with Crippen molar-refractivity contribution in [3.63, 3.8) is 0 Å². The van der Waals surface area contributed by atoms with E-state index in [1.807, 2.05) is 62.4 Å². The molecule has 2 aromatic carbocycles. The SMILES string of the molecule is CC[C@@H](C(=O)NC1CCCCC1)N(Cc1ccccc1C)C(=O)CSc1ccc(Cl)cc1. The Morgan fingerprint density at radius 2 is 1.78 bits per heavy atom. The molecule has 0 radical (unpaired) electrons. The van der Waals surface area contributed by atoms with Crippen LogP contribution in [-0.2, 0) is 16.1 Å². The average Bonchev–Trinajstić information content (AvgIpc) is 2.80. The number of benzene rings is 2. The van der Waals surface area contributed by atoms with Crippen LogP contribution < -0.4 is 5.32 Å². The third kappa shape index (κ3) is 7.01. The van der Waals surface area contributed by atoms with Crippen molar-refractivity contribution in [1.29, 1.82) is 0 Å². The number of amides is 2. The number of hydrogen-bond acceptors (Lipinski definition) is 3. The molecule has 0 unspecified atom stereocenters. The van der Waals surface area contributed by atoms with Gasteiger partial charge in [-0.2, -0.15) is 0 Å². The molecule has 0 aliphatic heterocycles. The first-order valence-electron chi connectivity index (χ1n) is 11.5. The topological polar surface area (TPSA) is 49.4 Å².